The lowest BCUT2D eigenvalue weighted by molar-refractivity contribution is -0.428. The zero-order valence-electron chi connectivity index (χ0n) is 25.4. The number of nitrogens with two attached hydrogens (primary N) is 1. The van der Waals surface area contributed by atoms with Crippen LogP contribution in [0.2, 0.25) is 0 Å². The molecule has 0 saturated carbocycles. The fourth-order valence-electron chi connectivity index (χ4n) is 4.77. The lowest BCUT2D eigenvalue weighted by atomic mass is 10.1. The monoisotopic (exact) mass is 755 g/mol. The third-order valence-corrected chi connectivity index (χ3v) is 9.83. The number of nitroso groups, excluding NO2 is 1. The summed E-state index contributed by atoms with van der Waals surface area (Å²) in [6.45, 7) is 0. The van der Waals surface area contributed by atoms with Crippen LogP contribution in [0.5, 0.6) is 0 Å². The maximum absolute atomic E-state index is 13.0. The summed E-state index contributed by atoms with van der Waals surface area (Å²) in [5.41, 5.74) is 7.74. The number of fused-ring (bicyclic) bond motifs is 1. The van der Waals surface area contributed by atoms with Crippen LogP contribution in [0.3, 0.4) is 0 Å². The Morgan fingerprint density at radius 1 is 0.627 bits per heavy atom. The molecule has 0 fully saturated rings. The highest BCUT2D eigenvalue weighted by molar-refractivity contribution is 7.86. The molecule has 0 aliphatic carbocycles. The van der Waals surface area contributed by atoms with Crippen molar-refractivity contribution in [1.29, 1.82) is 0 Å². The summed E-state index contributed by atoms with van der Waals surface area (Å²) in [5, 5.41) is 19.9. The van der Waals surface area contributed by atoms with Crippen molar-refractivity contribution in [3.05, 3.63) is 117 Å². The van der Waals surface area contributed by atoms with Gasteiger partial charge in [-0.15, -0.1) is 15.7 Å². The molecule has 6 N–H and O–H groups in total. The highest BCUT2D eigenvalue weighted by Crippen LogP contribution is 2.34. The predicted molar refractivity (Wildman–Crippen MR) is 184 cm³/mol. The normalized spacial score (nSPS) is 12.5. The largest absolute Gasteiger partial charge is 0.397 e. The van der Waals surface area contributed by atoms with Crippen LogP contribution in [0.15, 0.2) is 116 Å². The van der Waals surface area contributed by atoms with Crippen LogP contribution in [0.1, 0.15) is 11.1 Å². The van der Waals surface area contributed by atoms with Gasteiger partial charge >= 0.3 is 0 Å². The highest BCUT2D eigenvalue weighted by Gasteiger charge is 2.24. The molecule has 0 bridgehead atoms. The van der Waals surface area contributed by atoms with Gasteiger partial charge in [0.05, 0.1) is 21.2 Å². The van der Waals surface area contributed by atoms with Crippen molar-refractivity contribution in [2.24, 2.45) is 10.2 Å². The molecule has 51 heavy (non-hydrogen) atoms. The molecule has 0 amide bonds. The van der Waals surface area contributed by atoms with E-state index in [1.165, 1.54) is 42.5 Å². The average Bonchev–Trinajstić information content (AvgIpc) is 3.05. The minimum absolute atomic E-state index is 0.0469. The summed E-state index contributed by atoms with van der Waals surface area (Å²) in [7, 11) is -14.4. The van der Waals surface area contributed by atoms with Gasteiger partial charge in [-0.2, -0.15) is 25.3 Å². The second-order valence-corrected chi connectivity index (χ2v) is 14.6. The van der Waals surface area contributed by atoms with Gasteiger partial charge in [-0.25, -0.2) is 0 Å². The molecule has 0 saturated heterocycles. The van der Waals surface area contributed by atoms with Crippen LogP contribution in [-0.4, -0.2) is 48.7 Å². The second-order valence-electron chi connectivity index (χ2n) is 10.5. The van der Waals surface area contributed by atoms with Gasteiger partial charge in [0.25, 0.3) is 41.7 Å². The Morgan fingerprint density at radius 3 is 1.73 bits per heavy atom. The van der Waals surface area contributed by atoms with Crippen molar-refractivity contribution >= 4 is 87.4 Å². The van der Waals surface area contributed by atoms with Gasteiger partial charge in [0.15, 0.2) is 4.87 Å². The first kappa shape index (κ1) is 36.3. The molecule has 18 nitrogen and oxygen atoms in total. The number of hydrazine groups is 1. The van der Waals surface area contributed by atoms with Gasteiger partial charge in [0.2, 0.25) is 0 Å². The minimum Gasteiger partial charge on any atom is -0.397 e. The van der Waals surface area contributed by atoms with Gasteiger partial charge in [-0.1, -0.05) is 36.4 Å². The maximum atomic E-state index is 13.0. The number of rotatable bonds is 11. The average molecular weight is 756 g/mol. The summed E-state index contributed by atoms with van der Waals surface area (Å²) in [6.07, 6.45) is 2.08. The quantitative estimate of drug-likeness (QED) is 0.0194. The highest BCUT2D eigenvalue weighted by atomic mass is 32.2. The van der Waals surface area contributed by atoms with Gasteiger partial charge < -0.3 is 5.73 Å². The van der Waals surface area contributed by atoms with E-state index in [2.05, 4.69) is 15.7 Å². The number of nitro groups is 1. The summed E-state index contributed by atoms with van der Waals surface area (Å²) in [6, 6.07) is 18.6. The van der Waals surface area contributed by atoms with Crippen molar-refractivity contribution in [2.75, 3.05) is 11.2 Å². The number of anilines is 2. The van der Waals surface area contributed by atoms with E-state index < -0.39 is 50.8 Å². The van der Waals surface area contributed by atoms with Gasteiger partial charge in [-0.3, -0.25) is 23.8 Å². The molecule has 0 atom stereocenters. The Bertz CT molecular complexity index is 2660. The van der Waals surface area contributed by atoms with Crippen LogP contribution in [0.25, 0.3) is 22.9 Å². The van der Waals surface area contributed by atoms with Crippen molar-refractivity contribution in [3.63, 3.8) is 0 Å². The Kier molecular flexibility index (Phi) is 9.78. The van der Waals surface area contributed by atoms with Gasteiger partial charge in [0, 0.05) is 35.0 Å². The zero-order chi connectivity index (χ0) is 37.3. The molecule has 21 heteroatoms. The van der Waals surface area contributed by atoms with Crippen LogP contribution in [0, 0.1) is 15.0 Å². The standard InChI is InChI=1S/C30H22N6O12S3/c31-25-15-20(11-14-27(25)33-32-26-5-1-4-24-23(26)3-2-6-28(24)49(40,41)42)34-35(37)21-12-9-18(29(16-21)50(43,44)45)7-8-19-10-13-22(36(38)39)17-30(19)51(46,47)48/h1-17H,31H2,(H3-,34,37,40,41,42,43,44,45,46,47,48)/p+1/b8-7+. The Balaban J connectivity index is 1.39. The number of nitrogens with zero attached hydrogens (tertiary/aromatic N) is 4. The third kappa shape index (κ3) is 8.26. The van der Waals surface area contributed by atoms with E-state index in [0.717, 1.165) is 42.5 Å². The molecule has 0 heterocycles. The Labute approximate surface area is 288 Å². The summed E-state index contributed by atoms with van der Waals surface area (Å²) < 4.78 is 101. The van der Waals surface area contributed by atoms with E-state index in [-0.39, 0.29) is 54.7 Å². The fraction of sp³-hybridized carbons (Fsp3) is 0. The molecular weight excluding hydrogens is 733 g/mol. The number of nitrogen functional groups attached to an aromatic ring is 1. The zero-order valence-corrected chi connectivity index (χ0v) is 27.9. The molecular formula is C30H23N6O12S3+. The van der Waals surface area contributed by atoms with E-state index in [1.54, 1.807) is 12.1 Å². The Morgan fingerprint density at radius 2 is 1.16 bits per heavy atom. The third-order valence-electron chi connectivity index (χ3n) is 7.10. The molecule has 262 valence electrons. The van der Waals surface area contributed by atoms with Crippen molar-refractivity contribution in [2.45, 2.75) is 14.7 Å². The first-order valence-corrected chi connectivity index (χ1v) is 18.2. The SMILES string of the molecule is Nc1cc(N[N+](=O)c2ccc(/C=C/c3ccc([N+](=O)[O-])cc3S(=O)(=O)O)c(S(=O)(=O)O)c2)ccc1N=Nc1cccc2c(S(=O)(=O)O)cccc12. The van der Waals surface area contributed by atoms with Crippen LogP contribution in [-0.2, 0) is 30.4 Å². The second kappa shape index (κ2) is 13.7. The number of benzene rings is 5. The molecule has 0 aromatic heterocycles. The van der Waals surface area contributed by atoms with E-state index in [9.17, 15) is 53.9 Å². The number of azo groups is 1. The summed E-state index contributed by atoms with van der Waals surface area (Å²) in [5.74, 6) is 0. The topological polar surface area (TPSA) is 289 Å². The van der Waals surface area contributed by atoms with E-state index in [0.29, 0.717) is 11.5 Å². The van der Waals surface area contributed by atoms with Crippen molar-refractivity contribution in [1.82, 2.24) is 0 Å². The van der Waals surface area contributed by atoms with Gasteiger partial charge in [0.1, 0.15) is 26.1 Å². The molecule has 5 aromatic carbocycles. The number of nitrogens with one attached hydrogen (secondary N) is 1. The van der Waals surface area contributed by atoms with Crippen LogP contribution < -0.4 is 11.2 Å². The van der Waals surface area contributed by atoms with Crippen molar-refractivity contribution in [3.8, 4) is 0 Å². The first-order valence-electron chi connectivity index (χ1n) is 13.9. The molecule has 0 radical (unpaired) electrons. The molecule has 0 aliphatic rings. The number of non-ortho nitro benzene ring substituents is 1. The lowest BCUT2D eigenvalue weighted by Crippen LogP contribution is -2.11. The smallest absolute Gasteiger partial charge is 0.295 e. The lowest BCUT2D eigenvalue weighted by Gasteiger charge is -2.06. The fourth-order valence-corrected chi connectivity index (χ4v) is 6.88. The number of hydrogen-bond donors (Lipinski definition) is 5. The molecule has 0 spiro atoms. The predicted octanol–water partition coefficient (Wildman–Crippen LogP) is 6.09. The number of nitro benzene ring substituents is 1. The molecule has 5 rings (SSSR count). The molecule has 5 aromatic rings. The molecule has 0 unspecified atom stereocenters. The van der Waals surface area contributed by atoms with Crippen LogP contribution >= 0.6 is 0 Å². The number of hydrogen-bond acceptors (Lipinski definition) is 12. The summed E-state index contributed by atoms with van der Waals surface area (Å²) >= 11 is 0. The van der Waals surface area contributed by atoms with E-state index in [1.807, 2.05) is 0 Å². The van der Waals surface area contributed by atoms with Crippen molar-refractivity contribution < 1.29 is 48.7 Å². The summed E-state index contributed by atoms with van der Waals surface area (Å²) in [4.78, 5) is 21.4. The van der Waals surface area contributed by atoms with Gasteiger partial charge in [-0.05, 0) is 53.6 Å². The van der Waals surface area contributed by atoms with Crippen LogP contribution in [0.4, 0.5) is 34.1 Å². The van der Waals surface area contributed by atoms with E-state index in [4.69, 9.17) is 5.73 Å². The first-order chi connectivity index (χ1) is 23.8. The Hall–Kier alpha value is -5.97. The van der Waals surface area contributed by atoms with E-state index >= 15 is 0 Å². The molecule has 0 aliphatic heterocycles. The minimum atomic E-state index is -4.97. The maximum Gasteiger partial charge on any atom is 0.295 e.